The Morgan fingerprint density at radius 2 is 1.38 bits per heavy atom. The molecule has 1 fully saturated rings. The van der Waals surface area contributed by atoms with Gasteiger partial charge in [0, 0.05) is 25.3 Å². The lowest BCUT2D eigenvalue weighted by Gasteiger charge is -2.19. The quantitative estimate of drug-likeness (QED) is 0.780. The Morgan fingerprint density at radius 3 is 1.88 bits per heavy atom. The monoisotopic (exact) mass is 350 g/mol. The number of amides is 3. The van der Waals surface area contributed by atoms with Crippen molar-refractivity contribution in [1.82, 2.24) is 10.2 Å². The van der Waals surface area contributed by atoms with Crippen LogP contribution in [0.4, 0.5) is 0 Å². The SMILES string of the molecule is O=C(CN1C(=O)CCC1=O)NCCC(c1ccccc1)c1ccccc1. The molecule has 0 aromatic heterocycles. The minimum Gasteiger partial charge on any atom is -0.355 e. The molecule has 0 atom stereocenters. The number of likely N-dealkylation sites (tertiary alicyclic amines) is 1. The molecule has 3 amide bonds. The molecule has 0 bridgehead atoms. The van der Waals surface area contributed by atoms with Gasteiger partial charge < -0.3 is 5.32 Å². The minimum atomic E-state index is -0.298. The molecular weight excluding hydrogens is 328 g/mol. The summed E-state index contributed by atoms with van der Waals surface area (Å²) in [4.78, 5) is 36.3. The summed E-state index contributed by atoms with van der Waals surface area (Å²) in [6.45, 7) is 0.294. The van der Waals surface area contributed by atoms with E-state index in [1.54, 1.807) is 0 Å². The van der Waals surface area contributed by atoms with Crippen molar-refractivity contribution in [3.8, 4) is 0 Å². The van der Waals surface area contributed by atoms with Crippen LogP contribution < -0.4 is 5.32 Å². The zero-order chi connectivity index (χ0) is 18.4. The van der Waals surface area contributed by atoms with E-state index in [2.05, 4.69) is 29.6 Å². The second-order valence-corrected chi connectivity index (χ2v) is 6.39. The van der Waals surface area contributed by atoms with Gasteiger partial charge in [0.1, 0.15) is 6.54 Å². The number of rotatable bonds is 7. The van der Waals surface area contributed by atoms with Gasteiger partial charge >= 0.3 is 0 Å². The standard InChI is InChI=1S/C21H22N2O3/c24-19(15-23-20(25)11-12-21(23)26)22-14-13-18(16-7-3-1-4-8-16)17-9-5-2-6-10-17/h1-10,18H,11-15H2,(H,22,24). The van der Waals surface area contributed by atoms with Crippen LogP contribution in [0.5, 0.6) is 0 Å². The van der Waals surface area contributed by atoms with E-state index in [4.69, 9.17) is 0 Å². The van der Waals surface area contributed by atoms with Crippen molar-refractivity contribution in [3.05, 3.63) is 71.8 Å². The molecule has 5 heteroatoms. The third-order valence-corrected chi connectivity index (χ3v) is 4.62. The van der Waals surface area contributed by atoms with Crippen LogP contribution in [-0.2, 0) is 14.4 Å². The van der Waals surface area contributed by atoms with E-state index in [-0.39, 0.29) is 43.0 Å². The van der Waals surface area contributed by atoms with Crippen LogP contribution in [0, 0.1) is 0 Å². The number of nitrogens with one attached hydrogen (secondary N) is 1. The topological polar surface area (TPSA) is 66.5 Å². The highest BCUT2D eigenvalue weighted by Gasteiger charge is 2.30. The van der Waals surface area contributed by atoms with Gasteiger partial charge in [-0.2, -0.15) is 0 Å². The lowest BCUT2D eigenvalue weighted by Crippen LogP contribution is -2.40. The molecule has 2 aromatic rings. The molecule has 3 rings (SSSR count). The second kappa shape index (κ2) is 8.43. The highest BCUT2D eigenvalue weighted by molar-refractivity contribution is 6.04. The van der Waals surface area contributed by atoms with Crippen molar-refractivity contribution in [1.29, 1.82) is 0 Å². The Hall–Kier alpha value is -2.95. The molecule has 26 heavy (non-hydrogen) atoms. The van der Waals surface area contributed by atoms with Crippen LogP contribution in [-0.4, -0.2) is 35.7 Å². The fourth-order valence-corrected chi connectivity index (χ4v) is 3.25. The van der Waals surface area contributed by atoms with E-state index in [9.17, 15) is 14.4 Å². The Labute approximate surface area is 153 Å². The van der Waals surface area contributed by atoms with E-state index < -0.39 is 0 Å². The number of hydrogen-bond acceptors (Lipinski definition) is 3. The molecule has 0 spiro atoms. The van der Waals surface area contributed by atoms with Gasteiger partial charge in [0.05, 0.1) is 0 Å². The Balaban J connectivity index is 1.59. The molecule has 0 aliphatic carbocycles. The molecule has 1 heterocycles. The van der Waals surface area contributed by atoms with Crippen LogP contribution in [0.1, 0.15) is 36.3 Å². The molecule has 1 N–H and O–H groups in total. The molecule has 0 unspecified atom stereocenters. The number of benzene rings is 2. The summed E-state index contributed by atoms with van der Waals surface area (Å²) in [5, 5.41) is 2.84. The van der Waals surface area contributed by atoms with Gasteiger partial charge in [0.25, 0.3) is 0 Å². The average molecular weight is 350 g/mol. The Morgan fingerprint density at radius 1 is 0.885 bits per heavy atom. The van der Waals surface area contributed by atoms with Crippen LogP contribution in [0.3, 0.4) is 0 Å². The highest BCUT2D eigenvalue weighted by Crippen LogP contribution is 2.27. The van der Waals surface area contributed by atoms with Crippen molar-refractivity contribution in [2.45, 2.75) is 25.2 Å². The maximum Gasteiger partial charge on any atom is 0.240 e. The number of hydrogen-bond donors (Lipinski definition) is 1. The minimum absolute atomic E-state index is 0.174. The van der Waals surface area contributed by atoms with Gasteiger partial charge in [0.2, 0.25) is 17.7 Å². The Bertz CT molecular complexity index is 719. The summed E-state index contributed by atoms with van der Waals surface area (Å²) in [6, 6.07) is 20.3. The predicted molar refractivity (Wildman–Crippen MR) is 98.3 cm³/mol. The lowest BCUT2D eigenvalue weighted by molar-refractivity contribution is -0.142. The largest absolute Gasteiger partial charge is 0.355 e. The zero-order valence-corrected chi connectivity index (χ0v) is 14.6. The smallest absolute Gasteiger partial charge is 0.240 e. The first kappa shape index (κ1) is 17.9. The van der Waals surface area contributed by atoms with Crippen LogP contribution in [0.15, 0.2) is 60.7 Å². The van der Waals surface area contributed by atoms with Gasteiger partial charge in [-0.25, -0.2) is 0 Å². The third kappa shape index (κ3) is 4.36. The normalized spacial score (nSPS) is 14.1. The van der Waals surface area contributed by atoms with Crippen LogP contribution in [0.2, 0.25) is 0 Å². The molecule has 134 valence electrons. The van der Waals surface area contributed by atoms with Gasteiger partial charge in [-0.15, -0.1) is 0 Å². The first-order valence-corrected chi connectivity index (χ1v) is 8.85. The summed E-state index contributed by atoms with van der Waals surface area (Å²) in [7, 11) is 0. The van der Waals surface area contributed by atoms with Gasteiger partial charge in [0.15, 0.2) is 0 Å². The summed E-state index contributed by atoms with van der Waals surface area (Å²) in [5.41, 5.74) is 2.38. The molecule has 0 radical (unpaired) electrons. The van der Waals surface area contributed by atoms with Crippen molar-refractivity contribution < 1.29 is 14.4 Å². The van der Waals surface area contributed by atoms with Gasteiger partial charge in [-0.05, 0) is 17.5 Å². The fourth-order valence-electron chi connectivity index (χ4n) is 3.25. The summed E-state index contributed by atoms with van der Waals surface area (Å²) >= 11 is 0. The maximum absolute atomic E-state index is 12.1. The van der Waals surface area contributed by atoms with Crippen molar-refractivity contribution in [2.75, 3.05) is 13.1 Å². The number of carbonyl (C=O) groups is 3. The predicted octanol–water partition coefficient (Wildman–Crippen LogP) is 2.47. The summed E-state index contributed by atoms with van der Waals surface area (Å²) < 4.78 is 0. The average Bonchev–Trinajstić information content (AvgIpc) is 2.98. The van der Waals surface area contributed by atoms with Crippen LogP contribution >= 0.6 is 0 Å². The van der Waals surface area contributed by atoms with Crippen molar-refractivity contribution >= 4 is 17.7 Å². The van der Waals surface area contributed by atoms with Crippen molar-refractivity contribution in [2.24, 2.45) is 0 Å². The van der Waals surface area contributed by atoms with E-state index in [1.165, 1.54) is 11.1 Å². The van der Waals surface area contributed by atoms with Crippen molar-refractivity contribution in [3.63, 3.8) is 0 Å². The zero-order valence-electron chi connectivity index (χ0n) is 14.6. The molecule has 1 aliphatic heterocycles. The van der Waals surface area contributed by atoms with Crippen LogP contribution in [0.25, 0.3) is 0 Å². The number of imide groups is 1. The van der Waals surface area contributed by atoms with E-state index in [1.807, 2.05) is 36.4 Å². The fraction of sp³-hybridized carbons (Fsp3) is 0.286. The van der Waals surface area contributed by atoms with Gasteiger partial charge in [-0.3, -0.25) is 19.3 Å². The molecular formula is C21H22N2O3. The third-order valence-electron chi connectivity index (χ3n) is 4.62. The Kier molecular flexibility index (Phi) is 5.79. The highest BCUT2D eigenvalue weighted by atomic mass is 16.2. The summed E-state index contributed by atoms with van der Waals surface area (Å²) in [6.07, 6.45) is 1.15. The van der Waals surface area contributed by atoms with E-state index >= 15 is 0 Å². The first-order chi connectivity index (χ1) is 12.6. The number of carbonyl (C=O) groups excluding carboxylic acids is 3. The second-order valence-electron chi connectivity index (χ2n) is 6.39. The molecule has 5 nitrogen and oxygen atoms in total. The van der Waals surface area contributed by atoms with E-state index in [0.29, 0.717) is 6.54 Å². The molecule has 1 aliphatic rings. The van der Waals surface area contributed by atoms with E-state index in [0.717, 1.165) is 11.3 Å². The molecule has 1 saturated heterocycles. The first-order valence-electron chi connectivity index (χ1n) is 8.85. The number of nitrogens with zero attached hydrogens (tertiary/aromatic N) is 1. The van der Waals surface area contributed by atoms with Gasteiger partial charge in [-0.1, -0.05) is 60.7 Å². The molecule has 2 aromatic carbocycles. The molecule has 0 saturated carbocycles. The summed E-state index contributed by atoms with van der Waals surface area (Å²) in [5.74, 6) is -0.658. The maximum atomic E-state index is 12.1. The lowest BCUT2D eigenvalue weighted by atomic mass is 9.88.